The number of fused-ring (bicyclic) bond motifs is 3. The lowest BCUT2D eigenvalue weighted by atomic mass is 9.69. The summed E-state index contributed by atoms with van der Waals surface area (Å²) in [5.74, 6) is -1.00. The van der Waals surface area contributed by atoms with Crippen LogP contribution in [0.4, 0.5) is 0 Å². The van der Waals surface area contributed by atoms with E-state index in [1.807, 2.05) is 48.5 Å². The molecule has 0 saturated carbocycles. The highest BCUT2D eigenvalue weighted by Crippen LogP contribution is 2.49. The van der Waals surface area contributed by atoms with Gasteiger partial charge in [-0.1, -0.05) is 48.5 Å². The van der Waals surface area contributed by atoms with Gasteiger partial charge in [-0.3, -0.25) is 14.5 Å². The van der Waals surface area contributed by atoms with E-state index in [4.69, 9.17) is 4.74 Å². The summed E-state index contributed by atoms with van der Waals surface area (Å²) < 4.78 is 6.19. The molecule has 34 heavy (non-hydrogen) atoms. The number of phenolic OH excluding ortho intramolecular Hbond substituents is 1. The van der Waals surface area contributed by atoms with Gasteiger partial charge in [0.2, 0.25) is 11.8 Å². The van der Waals surface area contributed by atoms with Gasteiger partial charge in [-0.25, -0.2) is 0 Å². The van der Waals surface area contributed by atoms with Gasteiger partial charge in [-0.2, -0.15) is 0 Å². The number of benzene rings is 2. The summed E-state index contributed by atoms with van der Waals surface area (Å²) in [4.78, 5) is 26.6. The number of para-hydroxylation sites is 1. The minimum atomic E-state index is -0.392. The number of nitrogens with zero attached hydrogens (tertiary/aromatic N) is 1. The van der Waals surface area contributed by atoms with E-state index in [-0.39, 0.29) is 36.2 Å². The predicted octanol–water partition coefficient (Wildman–Crippen LogP) is 3.65. The fraction of sp³-hybridized carbons (Fsp3) is 0.357. The zero-order chi connectivity index (χ0) is 23.8. The predicted molar refractivity (Wildman–Crippen MR) is 128 cm³/mol. The van der Waals surface area contributed by atoms with Crippen LogP contribution in [0.25, 0.3) is 11.6 Å². The lowest BCUT2D eigenvalue weighted by Gasteiger charge is -2.31. The summed E-state index contributed by atoms with van der Waals surface area (Å²) in [5, 5.41) is 20.4. The van der Waals surface area contributed by atoms with Crippen LogP contribution in [-0.2, 0) is 14.3 Å². The van der Waals surface area contributed by atoms with Crippen LogP contribution >= 0.6 is 0 Å². The maximum Gasteiger partial charge on any atom is 0.233 e. The van der Waals surface area contributed by atoms with Gasteiger partial charge >= 0.3 is 0 Å². The molecule has 0 aromatic heterocycles. The summed E-state index contributed by atoms with van der Waals surface area (Å²) in [6.45, 7) is 0.265. The van der Waals surface area contributed by atoms with Crippen LogP contribution in [0.5, 0.6) is 5.75 Å². The third-order valence-electron chi connectivity index (χ3n) is 7.51. The number of carbonyl (C=O) groups is 2. The molecule has 2 heterocycles. The molecule has 6 nitrogen and oxygen atoms in total. The Bertz CT molecular complexity index is 1170. The zero-order valence-corrected chi connectivity index (χ0v) is 19.2. The smallest absolute Gasteiger partial charge is 0.233 e. The molecule has 2 aromatic carbocycles. The van der Waals surface area contributed by atoms with Crippen molar-refractivity contribution in [2.75, 3.05) is 20.3 Å². The van der Waals surface area contributed by atoms with Crippen molar-refractivity contribution in [2.24, 2.45) is 17.8 Å². The van der Waals surface area contributed by atoms with E-state index < -0.39 is 11.8 Å². The monoisotopic (exact) mass is 459 g/mol. The highest BCUT2D eigenvalue weighted by Gasteiger charge is 2.55. The molecule has 0 bridgehead atoms. The standard InChI is InChI=1S/C28H29NO5/c1-29-27(32)21-14-20(15-30)25-22(26(21)28(29)33)16-34-24(25)12-11-18(17-7-3-2-4-8-17)13-19-9-5-6-10-23(19)31/h2-10,13,21-22,24,26,30-31H,11-12,14-16H2,1H3/b18-13-/t21-,22+,24-,26-/m1/s1. The molecule has 2 N–H and O–H groups in total. The van der Waals surface area contributed by atoms with Gasteiger partial charge in [-0.15, -0.1) is 0 Å². The zero-order valence-electron chi connectivity index (χ0n) is 19.2. The lowest BCUT2D eigenvalue weighted by molar-refractivity contribution is -0.138. The molecule has 176 valence electrons. The fourth-order valence-corrected chi connectivity index (χ4v) is 5.81. The molecule has 2 saturated heterocycles. The minimum Gasteiger partial charge on any atom is -0.507 e. The first-order valence-electron chi connectivity index (χ1n) is 11.8. The van der Waals surface area contributed by atoms with Crippen molar-refractivity contribution >= 4 is 23.5 Å². The topological polar surface area (TPSA) is 87.1 Å². The molecule has 5 rings (SSSR count). The number of ether oxygens (including phenoxy) is 1. The normalized spacial score (nSPS) is 26.8. The Balaban J connectivity index is 1.42. The number of allylic oxidation sites excluding steroid dienone is 1. The first-order valence-corrected chi connectivity index (χ1v) is 11.8. The maximum atomic E-state index is 12.8. The van der Waals surface area contributed by atoms with Crippen LogP contribution in [0.1, 0.15) is 30.4 Å². The molecule has 3 aliphatic rings. The number of hydrogen-bond acceptors (Lipinski definition) is 5. The largest absolute Gasteiger partial charge is 0.507 e. The Morgan fingerprint density at radius 2 is 1.79 bits per heavy atom. The molecule has 2 fully saturated rings. The van der Waals surface area contributed by atoms with Gasteiger partial charge in [-0.05, 0) is 53.7 Å². The highest BCUT2D eigenvalue weighted by atomic mass is 16.5. The minimum absolute atomic E-state index is 0.126. The van der Waals surface area contributed by atoms with Crippen molar-refractivity contribution in [1.29, 1.82) is 0 Å². The van der Waals surface area contributed by atoms with E-state index in [1.165, 1.54) is 4.90 Å². The van der Waals surface area contributed by atoms with E-state index in [9.17, 15) is 19.8 Å². The molecule has 4 atom stereocenters. The van der Waals surface area contributed by atoms with Crippen LogP contribution in [0.2, 0.25) is 0 Å². The van der Waals surface area contributed by atoms with Gasteiger partial charge in [0, 0.05) is 18.5 Å². The number of hydrogen-bond donors (Lipinski definition) is 2. The SMILES string of the molecule is CN1C(=O)[C@@H]2[C@@H](CC(CO)=C3[C@@H](CC/C(=C/c4ccccc4O)c4ccccc4)OC[C@@H]32)C1=O. The summed E-state index contributed by atoms with van der Waals surface area (Å²) in [6.07, 6.45) is 3.58. The quantitative estimate of drug-likeness (QED) is 0.391. The fourth-order valence-electron chi connectivity index (χ4n) is 5.81. The molecule has 0 radical (unpaired) electrons. The first-order chi connectivity index (χ1) is 16.5. The van der Waals surface area contributed by atoms with Crippen LogP contribution < -0.4 is 0 Å². The second-order valence-corrected chi connectivity index (χ2v) is 9.35. The molecule has 2 aromatic rings. The third kappa shape index (κ3) is 3.87. The van der Waals surface area contributed by atoms with Crippen molar-refractivity contribution in [3.05, 3.63) is 76.9 Å². The van der Waals surface area contributed by atoms with Crippen LogP contribution in [0.15, 0.2) is 65.7 Å². The van der Waals surface area contributed by atoms with Crippen molar-refractivity contribution in [3.8, 4) is 5.75 Å². The van der Waals surface area contributed by atoms with Gasteiger partial charge in [0.1, 0.15) is 5.75 Å². The number of rotatable bonds is 6. The number of aliphatic hydroxyl groups excluding tert-OH is 1. The molecular formula is C28H29NO5. The maximum absolute atomic E-state index is 12.8. The summed E-state index contributed by atoms with van der Waals surface area (Å²) >= 11 is 0. The summed E-state index contributed by atoms with van der Waals surface area (Å²) in [5.41, 5.74) is 4.74. The molecule has 0 spiro atoms. The Kier molecular flexibility index (Phi) is 6.11. The molecule has 1 aliphatic carbocycles. The Morgan fingerprint density at radius 1 is 1.06 bits per heavy atom. The number of aliphatic hydroxyl groups is 1. The number of imide groups is 1. The number of phenols is 1. The Morgan fingerprint density at radius 3 is 2.53 bits per heavy atom. The molecule has 2 amide bonds. The van der Waals surface area contributed by atoms with Gasteiger partial charge in [0.25, 0.3) is 0 Å². The van der Waals surface area contributed by atoms with Crippen molar-refractivity contribution in [3.63, 3.8) is 0 Å². The van der Waals surface area contributed by atoms with Gasteiger partial charge in [0.15, 0.2) is 0 Å². The molecule has 0 unspecified atom stereocenters. The second kappa shape index (κ2) is 9.20. The van der Waals surface area contributed by atoms with Crippen LogP contribution in [0.3, 0.4) is 0 Å². The summed E-state index contributed by atoms with van der Waals surface area (Å²) in [6, 6.07) is 17.3. The van der Waals surface area contributed by atoms with E-state index in [0.717, 1.165) is 27.8 Å². The second-order valence-electron chi connectivity index (χ2n) is 9.35. The first kappa shape index (κ1) is 22.6. The molecule has 2 aliphatic heterocycles. The van der Waals surface area contributed by atoms with Crippen LogP contribution in [-0.4, -0.2) is 53.3 Å². The third-order valence-corrected chi connectivity index (χ3v) is 7.51. The van der Waals surface area contributed by atoms with Gasteiger partial charge in [0.05, 0.1) is 31.2 Å². The molecular weight excluding hydrogens is 430 g/mol. The van der Waals surface area contributed by atoms with Crippen molar-refractivity contribution in [2.45, 2.75) is 25.4 Å². The number of aromatic hydroxyl groups is 1. The van der Waals surface area contributed by atoms with E-state index in [2.05, 4.69) is 0 Å². The van der Waals surface area contributed by atoms with E-state index in [0.29, 0.717) is 25.9 Å². The number of likely N-dealkylation sites (tertiary alicyclic amines) is 1. The van der Waals surface area contributed by atoms with E-state index in [1.54, 1.807) is 19.2 Å². The summed E-state index contributed by atoms with van der Waals surface area (Å²) in [7, 11) is 1.55. The number of amides is 2. The lowest BCUT2D eigenvalue weighted by Crippen LogP contribution is -2.34. The van der Waals surface area contributed by atoms with Crippen molar-refractivity contribution < 1.29 is 24.5 Å². The average Bonchev–Trinajstić information content (AvgIpc) is 3.38. The van der Waals surface area contributed by atoms with Gasteiger partial charge < -0.3 is 14.9 Å². The van der Waals surface area contributed by atoms with Crippen LogP contribution in [0, 0.1) is 17.8 Å². The Hall–Kier alpha value is -3.22. The Labute approximate surface area is 199 Å². The highest BCUT2D eigenvalue weighted by molar-refractivity contribution is 6.05. The molecule has 6 heteroatoms. The number of carbonyl (C=O) groups excluding carboxylic acids is 2. The average molecular weight is 460 g/mol. The van der Waals surface area contributed by atoms with E-state index >= 15 is 0 Å². The van der Waals surface area contributed by atoms with Crippen molar-refractivity contribution in [1.82, 2.24) is 4.90 Å².